The first-order valence-electron chi connectivity index (χ1n) is 20.2. The zero-order valence-corrected chi connectivity index (χ0v) is 46.5. The number of ether oxygens (including phenoxy) is 2. The molecule has 0 amide bonds. The first kappa shape index (κ1) is 62.0. The van der Waals surface area contributed by atoms with E-state index in [0.29, 0.717) is 39.1 Å². The molecule has 4 atom stereocenters. The average Bonchev–Trinajstić information content (AvgIpc) is 2.97. The van der Waals surface area contributed by atoms with Gasteiger partial charge in [-0.25, -0.2) is 0 Å². The van der Waals surface area contributed by atoms with Crippen LogP contribution in [0.15, 0.2) is 0 Å². The maximum absolute atomic E-state index is 13.1. The summed E-state index contributed by atoms with van der Waals surface area (Å²) in [4.78, 5) is 30.2. The molecule has 0 saturated heterocycles. The number of likely N-dealkylation sites (N-methyl/N-ethyl adjacent to an activating group) is 2. The van der Waals surface area contributed by atoms with Crippen LogP contribution >= 0.6 is 23.5 Å². The van der Waals surface area contributed by atoms with Crippen LogP contribution in [0.4, 0.5) is 0 Å². The van der Waals surface area contributed by atoms with E-state index in [1.807, 2.05) is 65.7 Å². The van der Waals surface area contributed by atoms with E-state index in [4.69, 9.17) is 30.0 Å². The molecule has 11 nitrogen and oxygen atoms in total. The second-order valence-electron chi connectivity index (χ2n) is 18.8. The zero-order chi connectivity index (χ0) is 43.2. The minimum absolute atomic E-state index is 0. The summed E-state index contributed by atoms with van der Waals surface area (Å²) < 4.78 is 45.3. The number of carbonyl (C=O) groups is 2. The fourth-order valence-corrected chi connectivity index (χ4v) is 37.9. The van der Waals surface area contributed by atoms with Gasteiger partial charge in [-0.3, -0.25) is 9.59 Å². The Labute approximate surface area is 368 Å². The molecule has 0 spiro atoms. The Hall–Kier alpha value is 0.661. The van der Waals surface area contributed by atoms with Crippen molar-refractivity contribution < 1.29 is 39.6 Å². The molecule has 0 aliphatic heterocycles. The summed E-state index contributed by atoms with van der Waals surface area (Å²) in [5, 5.41) is 0. The van der Waals surface area contributed by atoms with Crippen LogP contribution in [-0.4, -0.2) is 148 Å². The molecular formula is C38H92N2O9S2Si6. The molecule has 0 aromatic carbocycles. The molecule has 344 valence electrons. The number of hydrogen-bond acceptors (Lipinski definition) is 13. The summed E-state index contributed by atoms with van der Waals surface area (Å²) in [7, 11) is -6.95. The fourth-order valence-electron chi connectivity index (χ4n) is 6.17. The minimum Gasteiger partial charge on any atom is -0.463 e. The van der Waals surface area contributed by atoms with Gasteiger partial charge in [-0.1, -0.05) is 28.7 Å². The Kier molecular flexibility index (Phi) is 28.6. The summed E-state index contributed by atoms with van der Waals surface area (Å²) in [6, 6.07) is 1.55. The molecule has 0 aliphatic carbocycles. The molecule has 0 aromatic rings. The summed E-state index contributed by atoms with van der Waals surface area (Å²) in [6.07, 6.45) is 3.09. The topological polar surface area (TPSA) is 105 Å². The smallest absolute Gasteiger partial charge is 0.321 e. The van der Waals surface area contributed by atoms with Crippen LogP contribution in [-0.2, 0) is 39.6 Å². The van der Waals surface area contributed by atoms with Crippen molar-refractivity contribution in [1.82, 2.24) is 9.80 Å². The predicted molar refractivity (Wildman–Crippen MR) is 264 cm³/mol. The van der Waals surface area contributed by atoms with Crippen molar-refractivity contribution in [2.45, 2.75) is 168 Å². The molecule has 0 fully saturated rings. The summed E-state index contributed by atoms with van der Waals surface area (Å²) >= 11 is 3.33. The number of rotatable bonds is 30. The van der Waals surface area contributed by atoms with Gasteiger partial charge >= 0.3 is 46.2 Å². The van der Waals surface area contributed by atoms with E-state index < -0.39 is 60.4 Å². The molecule has 57 heavy (non-hydrogen) atoms. The molecular weight excluding hydrogens is 861 g/mol. The van der Waals surface area contributed by atoms with Crippen LogP contribution in [0.3, 0.4) is 0 Å². The predicted octanol–water partition coefficient (Wildman–Crippen LogP) is 10.4. The number of nitrogens with zero attached hydrogens (tertiary/aromatic N) is 2. The van der Waals surface area contributed by atoms with Gasteiger partial charge in [0.15, 0.2) is 16.6 Å². The highest BCUT2D eigenvalue weighted by atomic mass is 32.2. The Morgan fingerprint density at radius 2 is 0.825 bits per heavy atom. The van der Waals surface area contributed by atoms with Gasteiger partial charge < -0.3 is 39.8 Å². The maximum atomic E-state index is 13.1. The van der Waals surface area contributed by atoms with Crippen LogP contribution in [0.2, 0.25) is 90.7 Å². The minimum atomic E-state index is -2.86. The van der Waals surface area contributed by atoms with Crippen LogP contribution in [0.5, 0.6) is 0 Å². The van der Waals surface area contributed by atoms with Crippen molar-refractivity contribution in [3.05, 3.63) is 0 Å². The summed E-state index contributed by atoms with van der Waals surface area (Å²) in [5.41, 5.74) is 0. The lowest BCUT2D eigenvalue weighted by atomic mass is 10.1. The molecule has 0 rings (SSSR count). The monoisotopic (exact) mass is 952 g/mol. The van der Waals surface area contributed by atoms with Crippen LogP contribution in [0.25, 0.3) is 0 Å². The summed E-state index contributed by atoms with van der Waals surface area (Å²) in [6.45, 7) is 36.4. The van der Waals surface area contributed by atoms with Gasteiger partial charge in [-0.15, -0.1) is 23.5 Å². The number of esters is 2. The van der Waals surface area contributed by atoms with Crippen molar-refractivity contribution in [2.75, 3.05) is 66.0 Å². The second-order valence-corrected chi connectivity index (χ2v) is 45.6. The lowest BCUT2D eigenvalue weighted by Gasteiger charge is -2.44. The second kappa shape index (κ2) is 26.3. The third kappa shape index (κ3) is 27.4. The maximum Gasteiger partial charge on any atom is 0.321 e. The van der Waals surface area contributed by atoms with E-state index in [9.17, 15) is 9.59 Å². The van der Waals surface area contributed by atoms with Crippen molar-refractivity contribution in [3.8, 4) is 0 Å². The van der Waals surface area contributed by atoms with E-state index in [2.05, 4.69) is 78.6 Å². The van der Waals surface area contributed by atoms with Crippen molar-refractivity contribution in [1.29, 1.82) is 0 Å². The molecule has 0 aliphatic rings. The molecule has 0 heterocycles. The SMILES string of the molecule is C.C.CCC(C)(SCCC[Si](C)(O[Si](C)(C)C)O[Si](C)(C)O[Si](C)(CCCSC(C)(CC)C(=O)OCCN(C)C)O[Si](C)(C)O[Si](C)(C)C)C(=O)OCCN(C)C. The van der Waals surface area contributed by atoms with E-state index in [1.54, 1.807) is 23.5 Å². The molecule has 0 aromatic heterocycles. The highest BCUT2D eigenvalue weighted by molar-refractivity contribution is 8.01. The highest BCUT2D eigenvalue weighted by Gasteiger charge is 2.50. The van der Waals surface area contributed by atoms with Gasteiger partial charge in [0.1, 0.15) is 22.7 Å². The van der Waals surface area contributed by atoms with Crippen LogP contribution < -0.4 is 0 Å². The first-order chi connectivity index (χ1) is 24.7. The van der Waals surface area contributed by atoms with Crippen molar-refractivity contribution in [2.24, 2.45) is 0 Å². The fraction of sp³-hybridized carbons (Fsp3) is 0.947. The van der Waals surface area contributed by atoms with Gasteiger partial charge in [-0.2, -0.15) is 0 Å². The Morgan fingerprint density at radius 1 is 0.526 bits per heavy atom. The average molecular weight is 954 g/mol. The summed E-state index contributed by atoms with van der Waals surface area (Å²) in [5.74, 6) is 1.28. The largest absolute Gasteiger partial charge is 0.463 e. The van der Waals surface area contributed by atoms with E-state index >= 15 is 0 Å². The van der Waals surface area contributed by atoms with Gasteiger partial charge in [0.2, 0.25) is 0 Å². The number of carbonyl (C=O) groups excluding carboxylic acids is 2. The van der Waals surface area contributed by atoms with Gasteiger partial charge in [-0.05, 0) is 170 Å². The van der Waals surface area contributed by atoms with Crippen molar-refractivity contribution >= 4 is 86.3 Å². The molecule has 19 heteroatoms. The standard InChI is InChI=1S/C36H84N2O9S2Si6.2CH4/c1-21-35(3,33(39)41-27-25-37(5)6)48-29-23-31-54(19,44-51(12,13)14)46-53(17,18)47-55(20,45-52(15,16)43-50(9,10)11)32-24-30-49-36(4,22-2)34(40)42-28-26-38(7)8;;/h21-32H2,1-20H3;2*1H4. The third-order valence-electron chi connectivity index (χ3n) is 8.61. The van der Waals surface area contributed by atoms with E-state index in [0.717, 1.165) is 36.4 Å². The third-order valence-corrected chi connectivity index (χ3v) is 34.0. The molecule has 0 bridgehead atoms. The molecule has 0 saturated carbocycles. The first-order valence-corrected chi connectivity index (χ1v) is 39.6. The van der Waals surface area contributed by atoms with E-state index in [-0.39, 0.29) is 26.8 Å². The Bertz CT molecular complexity index is 1170. The quantitative estimate of drug-likeness (QED) is 0.0388. The van der Waals surface area contributed by atoms with Crippen LogP contribution in [0, 0.1) is 0 Å². The normalized spacial score (nSPS) is 17.1. The van der Waals surface area contributed by atoms with Gasteiger partial charge in [0.05, 0.1) is 0 Å². The number of thioether (sulfide) groups is 2. The Balaban J connectivity index is -0.0000146. The van der Waals surface area contributed by atoms with Crippen LogP contribution in [0.1, 0.15) is 68.2 Å². The number of hydrogen-bond donors (Lipinski definition) is 0. The Morgan fingerprint density at radius 3 is 1.11 bits per heavy atom. The van der Waals surface area contributed by atoms with E-state index in [1.165, 1.54) is 0 Å². The molecule has 0 N–H and O–H groups in total. The van der Waals surface area contributed by atoms with Gasteiger partial charge in [0.25, 0.3) is 0 Å². The van der Waals surface area contributed by atoms with Gasteiger partial charge in [0, 0.05) is 13.1 Å². The lowest BCUT2D eigenvalue weighted by molar-refractivity contribution is -0.147. The molecule has 4 unspecified atom stereocenters. The highest BCUT2D eigenvalue weighted by Crippen LogP contribution is 2.36. The lowest BCUT2D eigenvalue weighted by Crippen LogP contribution is -2.61. The zero-order valence-electron chi connectivity index (χ0n) is 38.9. The molecule has 0 radical (unpaired) electrons. The van der Waals surface area contributed by atoms with Crippen molar-refractivity contribution in [3.63, 3.8) is 0 Å².